The summed E-state index contributed by atoms with van der Waals surface area (Å²) < 4.78 is 73.4. The molecule has 0 atom stereocenters. The zero-order valence-electron chi connectivity index (χ0n) is 25.2. The third kappa shape index (κ3) is 5.30. The smallest absolute Gasteiger partial charge is 0.293 e. The van der Waals surface area contributed by atoms with Crippen LogP contribution >= 0.6 is 0 Å². The van der Waals surface area contributed by atoms with Crippen molar-refractivity contribution in [1.82, 2.24) is 15.3 Å². The van der Waals surface area contributed by atoms with Gasteiger partial charge in [-0.25, -0.2) is 18.4 Å². The molecule has 0 spiro atoms. The number of hydrogen-bond donors (Lipinski definition) is 1. The predicted octanol–water partition coefficient (Wildman–Crippen LogP) is 6.32. The molecule has 0 fully saturated rings. The van der Waals surface area contributed by atoms with E-state index in [2.05, 4.69) is 15.3 Å². The van der Waals surface area contributed by atoms with Crippen LogP contribution < -0.4 is 14.4 Å². The van der Waals surface area contributed by atoms with Crippen molar-refractivity contribution in [3.63, 3.8) is 0 Å². The summed E-state index contributed by atoms with van der Waals surface area (Å²) in [6.07, 6.45) is 2.77. The van der Waals surface area contributed by atoms with Gasteiger partial charge in [0, 0.05) is 61.3 Å². The number of carbonyl (C=O) groups excluding carboxylic acids is 1. The highest BCUT2D eigenvalue weighted by atomic mass is 32.2. The molecular formula is C32H30F2N4O6S. The Morgan fingerprint density at radius 1 is 1.09 bits per heavy atom. The van der Waals surface area contributed by atoms with Crippen LogP contribution in [0.1, 0.15) is 40.2 Å². The fourth-order valence-electron chi connectivity index (χ4n) is 5.49. The first-order valence-corrected chi connectivity index (χ1v) is 15.9. The van der Waals surface area contributed by atoms with E-state index < -0.39 is 27.5 Å². The molecule has 45 heavy (non-hydrogen) atoms. The molecule has 1 aliphatic carbocycles. The van der Waals surface area contributed by atoms with Gasteiger partial charge in [0.05, 0.1) is 30.2 Å². The van der Waals surface area contributed by atoms with Gasteiger partial charge in [-0.3, -0.25) is 9.10 Å². The summed E-state index contributed by atoms with van der Waals surface area (Å²) in [5.41, 5.74) is 3.01. The van der Waals surface area contributed by atoms with Gasteiger partial charge in [0.15, 0.2) is 5.69 Å². The lowest BCUT2D eigenvalue weighted by Gasteiger charge is -2.21. The van der Waals surface area contributed by atoms with Gasteiger partial charge in [-0.1, -0.05) is 29.8 Å². The van der Waals surface area contributed by atoms with E-state index in [4.69, 9.17) is 13.6 Å². The van der Waals surface area contributed by atoms with Crippen molar-refractivity contribution >= 4 is 32.6 Å². The van der Waals surface area contributed by atoms with E-state index >= 15 is 0 Å². The number of nitrogens with zero attached hydrogens (tertiary/aromatic N) is 3. The molecule has 10 nitrogen and oxygen atoms in total. The first-order valence-electron chi connectivity index (χ1n) is 14.1. The number of rotatable bonds is 7. The van der Waals surface area contributed by atoms with Crippen molar-refractivity contribution in [2.45, 2.75) is 32.1 Å². The Hall–Kier alpha value is -4.78. The summed E-state index contributed by atoms with van der Waals surface area (Å²) in [5.74, 6) is -3.13. The number of alkyl halides is 2. The van der Waals surface area contributed by atoms with Gasteiger partial charge >= 0.3 is 0 Å². The molecule has 0 saturated heterocycles. The molecule has 1 amide bonds. The number of methoxy groups -OCH3 is 1. The molecule has 3 heterocycles. The van der Waals surface area contributed by atoms with E-state index in [0.29, 0.717) is 34.3 Å². The Bertz CT molecular complexity index is 2070. The van der Waals surface area contributed by atoms with Gasteiger partial charge in [-0.05, 0) is 25.5 Å². The van der Waals surface area contributed by atoms with Crippen LogP contribution in [0.15, 0.2) is 57.5 Å². The number of furan rings is 1. The number of ether oxygens (including phenoxy) is 1. The highest BCUT2D eigenvalue weighted by molar-refractivity contribution is 7.92. The van der Waals surface area contributed by atoms with Gasteiger partial charge in [0.25, 0.3) is 11.8 Å². The van der Waals surface area contributed by atoms with Crippen molar-refractivity contribution in [2.24, 2.45) is 0 Å². The fourth-order valence-corrected chi connectivity index (χ4v) is 6.00. The summed E-state index contributed by atoms with van der Waals surface area (Å²) in [6.45, 7) is 1.94. The maximum Gasteiger partial charge on any atom is 0.293 e. The minimum atomic E-state index is -3.77. The number of sulfonamides is 1. The second-order valence-electron chi connectivity index (χ2n) is 11.0. The number of anilines is 1. The average Bonchev–Trinajstić information content (AvgIpc) is 3.62. The molecule has 1 aliphatic rings. The number of aryl methyl sites for hydroxylation is 2. The Morgan fingerprint density at radius 2 is 1.82 bits per heavy atom. The first-order chi connectivity index (χ1) is 21.3. The van der Waals surface area contributed by atoms with Crippen molar-refractivity contribution in [3.8, 4) is 39.8 Å². The minimum Gasteiger partial charge on any atom is -0.480 e. The molecule has 0 bridgehead atoms. The molecule has 13 heteroatoms. The van der Waals surface area contributed by atoms with E-state index in [0.717, 1.165) is 16.1 Å². The van der Waals surface area contributed by atoms with E-state index in [1.807, 2.05) is 31.2 Å². The number of nitrogens with one attached hydrogen (secondary N) is 1. The summed E-state index contributed by atoms with van der Waals surface area (Å²) in [7, 11) is 0.507. The summed E-state index contributed by atoms with van der Waals surface area (Å²) >= 11 is 0. The molecule has 0 aliphatic heterocycles. The molecule has 6 rings (SSSR count). The SMILES string of the molecule is CNC(=O)c1c(-c2ccc(C)cc2)oc2cc(N(C)S(C)(=O)=O)c(-c3cnc(OC)c(-c4nc5c(o4)CCCC5(F)F)c3)cc12. The number of hydrogen-bond acceptors (Lipinski definition) is 8. The lowest BCUT2D eigenvalue weighted by Crippen LogP contribution is -2.25. The van der Waals surface area contributed by atoms with Crippen molar-refractivity contribution < 1.29 is 35.6 Å². The lowest BCUT2D eigenvalue weighted by atomic mass is 9.98. The highest BCUT2D eigenvalue weighted by Crippen LogP contribution is 2.45. The third-order valence-corrected chi connectivity index (χ3v) is 9.13. The number of aromatic nitrogens is 2. The Labute approximate surface area is 258 Å². The summed E-state index contributed by atoms with van der Waals surface area (Å²) in [5, 5.41) is 3.09. The Kier molecular flexibility index (Phi) is 7.39. The van der Waals surface area contributed by atoms with Crippen molar-refractivity contribution in [3.05, 3.63) is 71.2 Å². The second kappa shape index (κ2) is 11.0. The molecule has 1 N–H and O–H groups in total. The van der Waals surface area contributed by atoms with Crippen LogP contribution in [-0.2, 0) is 22.4 Å². The van der Waals surface area contributed by atoms with Crippen LogP contribution in [0.25, 0.3) is 44.9 Å². The zero-order valence-corrected chi connectivity index (χ0v) is 26.0. The molecule has 0 radical (unpaired) electrons. The predicted molar refractivity (Wildman–Crippen MR) is 165 cm³/mol. The minimum absolute atomic E-state index is 0.0794. The lowest BCUT2D eigenvalue weighted by molar-refractivity contribution is -0.0274. The first kappa shape index (κ1) is 30.3. The summed E-state index contributed by atoms with van der Waals surface area (Å²) in [6, 6.07) is 12.2. The van der Waals surface area contributed by atoms with Crippen LogP contribution in [0.4, 0.5) is 14.5 Å². The maximum atomic E-state index is 14.7. The Balaban J connectivity index is 1.61. The molecule has 2 aromatic carbocycles. The topological polar surface area (TPSA) is 128 Å². The van der Waals surface area contributed by atoms with Crippen LogP contribution in [0.2, 0.25) is 0 Å². The maximum absolute atomic E-state index is 14.7. The number of pyridine rings is 1. The number of fused-ring (bicyclic) bond motifs is 2. The number of oxazole rings is 1. The monoisotopic (exact) mass is 636 g/mol. The van der Waals surface area contributed by atoms with Crippen molar-refractivity contribution in [1.29, 1.82) is 0 Å². The zero-order chi connectivity index (χ0) is 32.3. The van der Waals surface area contributed by atoms with Crippen molar-refractivity contribution in [2.75, 3.05) is 31.8 Å². The molecule has 0 saturated carbocycles. The highest BCUT2D eigenvalue weighted by Gasteiger charge is 2.41. The molecule has 3 aromatic heterocycles. The largest absolute Gasteiger partial charge is 0.480 e. The van der Waals surface area contributed by atoms with E-state index in [9.17, 15) is 22.0 Å². The molecule has 5 aromatic rings. The van der Waals surface area contributed by atoms with Gasteiger partial charge in [-0.2, -0.15) is 8.78 Å². The van der Waals surface area contributed by atoms with Gasteiger partial charge in [-0.15, -0.1) is 0 Å². The van der Waals surface area contributed by atoms with Crippen LogP contribution in [-0.4, -0.2) is 51.8 Å². The normalized spacial score (nSPS) is 14.3. The quantitative estimate of drug-likeness (QED) is 0.220. The number of amides is 1. The van der Waals surface area contributed by atoms with E-state index in [-0.39, 0.29) is 52.8 Å². The molecule has 0 unspecified atom stereocenters. The van der Waals surface area contributed by atoms with Crippen LogP contribution in [0.3, 0.4) is 0 Å². The number of halogens is 2. The van der Waals surface area contributed by atoms with Crippen LogP contribution in [0, 0.1) is 6.92 Å². The fraction of sp³-hybridized carbons (Fsp3) is 0.281. The molecule has 234 valence electrons. The van der Waals surface area contributed by atoms with Gasteiger partial charge < -0.3 is 18.9 Å². The van der Waals surface area contributed by atoms with E-state index in [1.54, 1.807) is 18.2 Å². The molecular weight excluding hydrogens is 606 g/mol. The van der Waals surface area contributed by atoms with Gasteiger partial charge in [0.1, 0.15) is 17.1 Å². The third-order valence-electron chi connectivity index (χ3n) is 7.94. The number of benzene rings is 2. The number of carbonyl (C=O) groups is 1. The summed E-state index contributed by atoms with van der Waals surface area (Å²) in [4.78, 5) is 21.8. The standard InChI is InChI=1S/C32H30F2N4O6S/c1-17-8-10-18(11-9-17)27-26(29(39)35-2)21-14-20(23(15-25(21)43-27)38(3)45(5,40)41)19-13-22(30(42-4)36-16-19)31-37-28-24(44-31)7-6-12-32(28,33)34/h8-11,13-16H,6-7,12H2,1-5H3,(H,35,39). The average molecular weight is 637 g/mol. The van der Waals surface area contributed by atoms with Crippen LogP contribution in [0.5, 0.6) is 5.88 Å². The van der Waals surface area contributed by atoms with E-state index in [1.165, 1.54) is 27.4 Å². The second-order valence-corrected chi connectivity index (χ2v) is 13.0. The Morgan fingerprint density at radius 3 is 2.47 bits per heavy atom. The van der Waals surface area contributed by atoms with Gasteiger partial charge in [0.2, 0.25) is 21.8 Å².